The molecule has 0 aliphatic heterocycles. The van der Waals surface area contributed by atoms with E-state index in [-0.39, 0.29) is 0 Å². The molecule has 0 aromatic carbocycles. The van der Waals surface area contributed by atoms with Gasteiger partial charge in [0, 0.05) is 5.69 Å². The zero-order valence-corrected chi connectivity index (χ0v) is 7.23. The van der Waals surface area contributed by atoms with E-state index in [4.69, 9.17) is 0 Å². The molecule has 1 aromatic heterocycles. The fourth-order valence-electron chi connectivity index (χ4n) is 0.362. The zero-order valence-electron chi connectivity index (χ0n) is 5.44. The van der Waals surface area contributed by atoms with E-state index >= 15 is 0 Å². The molecule has 0 spiro atoms. The maximum atomic E-state index is 3.95. The highest BCUT2D eigenvalue weighted by Crippen LogP contribution is 1.94. The van der Waals surface area contributed by atoms with Crippen molar-refractivity contribution in [2.24, 2.45) is 0 Å². The Labute approximate surface area is 66.2 Å². The summed E-state index contributed by atoms with van der Waals surface area (Å²) in [7, 11) is 0. The Morgan fingerprint density at radius 3 is 2.22 bits per heavy atom. The van der Waals surface area contributed by atoms with Gasteiger partial charge >= 0.3 is 0 Å². The van der Waals surface area contributed by atoms with Gasteiger partial charge in [0.2, 0.25) is 0 Å². The molecule has 0 N–H and O–H groups in total. The lowest BCUT2D eigenvalue weighted by Gasteiger charge is -1.85. The Kier molecular flexibility index (Phi) is 4.71. The summed E-state index contributed by atoms with van der Waals surface area (Å²) < 4.78 is 1.53. The van der Waals surface area contributed by atoms with E-state index in [2.05, 4.69) is 30.5 Å². The Morgan fingerprint density at radius 1 is 1.56 bits per heavy atom. The van der Waals surface area contributed by atoms with Crippen LogP contribution in [0.1, 0.15) is 5.69 Å². The first-order valence-electron chi connectivity index (χ1n) is 2.45. The van der Waals surface area contributed by atoms with Crippen molar-refractivity contribution in [3.05, 3.63) is 18.0 Å². The number of rotatable bonds is 0. The lowest BCUT2D eigenvalue weighted by molar-refractivity contribution is 0.978. The maximum Gasteiger partial charge on any atom is 0.0503 e. The number of thiol groups is 2. The van der Waals surface area contributed by atoms with Gasteiger partial charge in [-0.3, -0.25) is 0 Å². The molecule has 1 aromatic rings. The number of nitrogens with zero attached hydrogens (tertiary/aromatic N) is 2. The highest BCUT2D eigenvalue weighted by atomic mass is 32.1. The second kappa shape index (κ2) is 4.76. The number of hydrogen-bond acceptors (Lipinski definition) is 3. The minimum atomic E-state index is 1.06. The molecule has 0 unspecified atom stereocenters. The van der Waals surface area contributed by atoms with Gasteiger partial charge in [-0.1, -0.05) is 0 Å². The van der Waals surface area contributed by atoms with Crippen molar-refractivity contribution in [2.45, 2.75) is 6.92 Å². The van der Waals surface area contributed by atoms with Crippen LogP contribution in [0.15, 0.2) is 12.3 Å². The van der Waals surface area contributed by atoms with Crippen molar-refractivity contribution in [2.75, 3.05) is 6.26 Å². The van der Waals surface area contributed by atoms with Crippen molar-refractivity contribution in [3.8, 4) is 0 Å². The van der Waals surface area contributed by atoms with Gasteiger partial charge in [0.15, 0.2) is 0 Å². The van der Waals surface area contributed by atoms with Crippen LogP contribution in [0.5, 0.6) is 0 Å². The van der Waals surface area contributed by atoms with Crippen LogP contribution in [0, 0.1) is 6.92 Å². The van der Waals surface area contributed by atoms with Gasteiger partial charge in [-0.05, 0) is 32.1 Å². The van der Waals surface area contributed by atoms with Crippen LogP contribution in [0.2, 0.25) is 0 Å². The van der Waals surface area contributed by atoms with Gasteiger partial charge in [0.1, 0.15) is 0 Å². The van der Waals surface area contributed by atoms with Crippen LogP contribution in [0.25, 0.3) is 0 Å². The fraction of sp³-hybridized carbons (Fsp3) is 0.400. The average molecular weight is 162 g/mol. The molecular weight excluding hydrogens is 152 g/mol. The van der Waals surface area contributed by atoms with Crippen molar-refractivity contribution >= 4 is 25.4 Å². The molecule has 4 heteroatoms. The van der Waals surface area contributed by atoms with E-state index in [1.165, 1.54) is 4.09 Å². The predicted molar refractivity (Wildman–Crippen MR) is 46.3 cm³/mol. The highest BCUT2D eigenvalue weighted by molar-refractivity contribution is 7.79. The lowest BCUT2D eigenvalue weighted by atomic mass is 10.5. The zero-order chi connectivity index (χ0) is 7.28. The summed E-state index contributed by atoms with van der Waals surface area (Å²) in [4.78, 5) is 0. The third-order valence-corrected chi connectivity index (χ3v) is 1.23. The van der Waals surface area contributed by atoms with E-state index in [0.717, 1.165) is 5.69 Å². The summed E-state index contributed by atoms with van der Waals surface area (Å²) in [6.07, 6.45) is 3.41. The Balaban J connectivity index is 0.000000291. The average Bonchev–Trinajstić information content (AvgIpc) is 2.23. The van der Waals surface area contributed by atoms with E-state index in [9.17, 15) is 0 Å². The monoisotopic (exact) mass is 162 g/mol. The van der Waals surface area contributed by atoms with Crippen LogP contribution in [0.4, 0.5) is 0 Å². The fourth-order valence-corrected chi connectivity index (χ4v) is 0.488. The summed E-state index contributed by atoms with van der Waals surface area (Å²) in [5.41, 5.74) is 1.06. The maximum absolute atomic E-state index is 3.95. The number of aryl methyl sites for hydroxylation is 1. The Bertz CT molecular complexity index is 145. The third-order valence-electron chi connectivity index (χ3n) is 0.807. The van der Waals surface area contributed by atoms with Crippen LogP contribution in [-0.2, 0) is 0 Å². The normalized spacial score (nSPS) is 8.00. The number of aromatic nitrogens is 2. The molecule has 0 fully saturated rings. The molecule has 0 aliphatic rings. The quantitative estimate of drug-likeness (QED) is 0.552. The summed E-state index contributed by atoms with van der Waals surface area (Å²) in [5.74, 6) is 0. The minimum Gasteiger partial charge on any atom is -0.214 e. The second-order valence-electron chi connectivity index (χ2n) is 1.36. The molecular formula is C5H10N2S2. The smallest absolute Gasteiger partial charge is 0.0503 e. The van der Waals surface area contributed by atoms with Crippen molar-refractivity contribution in [1.29, 1.82) is 0 Å². The molecule has 52 valence electrons. The third kappa shape index (κ3) is 2.81. The van der Waals surface area contributed by atoms with Gasteiger partial charge in [-0.25, -0.2) is 4.09 Å². The van der Waals surface area contributed by atoms with Crippen molar-refractivity contribution < 1.29 is 0 Å². The van der Waals surface area contributed by atoms with Crippen LogP contribution in [0.3, 0.4) is 0 Å². The highest BCUT2D eigenvalue weighted by Gasteiger charge is 1.84. The van der Waals surface area contributed by atoms with E-state index in [0.29, 0.717) is 0 Å². The summed E-state index contributed by atoms with van der Waals surface area (Å²) in [6, 6.07) is 1.90. The van der Waals surface area contributed by atoms with Crippen molar-refractivity contribution in [3.63, 3.8) is 0 Å². The van der Waals surface area contributed by atoms with E-state index in [1.807, 2.05) is 13.0 Å². The van der Waals surface area contributed by atoms with Gasteiger partial charge in [-0.15, -0.1) is 0 Å². The number of hydrogen-bond donors (Lipinski definition) is 2. The molecule has 0 atom stereocenters. The summed E-state index contributed by atoms with van der Waals surface area (Å²) in [6.45, 7) is 1.94. The molecule has 1 rings (SSSR count). The molecule has 0 radical (unpaired) electrons. The molecule has 9 heavy (non-hydrogen) atoms. The lowest BCUT2D eigenvalue weighted by Crippen LogP contribution is -1.82. The molecule has 0 saturated heterocycles. The predicted octanol–water partition coefficient (Wildman–Crippen LogP) is 1.43. The van der Waals surface area contributed by atoms with Gasteiger partial charge in [0.05, 0.1) is 6.20 Å². The van der Waals surface area contributed by atoms with Crippen LogP contribution in [-0.4, -0.2) is 15.4 Å². The minimum absolute atomic E-state index is 1.06. The van der Waals surface area contributed by atoms with E-state index < -0.39 is 0 Å². The SMILES string of the molecule is CS.Cc1ccnn1S. The first kappa shape index (κ1) is 8.91. The van der Waals surface area contributed by atoms with Crippen LogP contribution < -0.4 is 0 Å². The molecule has 1 heterocycles. The standard InChI is InChI=1S/C4H6N2S.CH4S/c1-4-2-3-5-6(4)7;1-2/h2-3,7H,1H3;2H,1H3. The molecule has 2 nitrogen and oxygen atoms in total. The molecule has 0 amide bonds. The van der Waals surface area contributed by atoms with Crippen LogP contribution >= 0.6 is 25.4 Å². The molecule has 0 aliphatic carbocycles. The first-order valence-corrected chi connectivity index (χ1v) is 3.75. The van der Waals surface area contributed by atoms with Crippen molar-refractivity contribution in [1.82, 2.24) is 9.19 Å². The summed E-state index contributed by atoms with van der Waals surface area (Å²) >= 11 is 7.48. The first-order chi connectivity index (χ1) is 4.30. The summed E-state index contributed by atoms with van der Waals surface area (Å²) in [5, 5.41) is 3.80. The van der Waals surface area contributed by atoms with E-state index in [1.54, 1.807) is 12.5 Å². The molecule has 0 saturated carbocycles. The largest absolute Gasteiger partial charge is 0.214 e. The second-order valence-corrected chi connectivity index (χ2v) is 1.74. The van der Waals surface area contributed by atoms with Gasteiger partial charge < -0.3 is 0 Å². The van der Waals surface area contributed by atoms with Gasteiger partial charge in [-0.2, -0.15) is 17.7 Å². The Hall–Kier alpha value is -0.0900. The molecule has 0 bridgehead atoms. The topological polar surface area (TPSA) is 17.8 Å². The Morgan fingerprint density at radius 2 is 2.11 bits per heavy atom. The van der Waals surface area contributed by atoms with Gasteiger partial charge in [0.25, 0.3) is 0 Å².